The van der Waals surface area contributed by atoms with Crippen LogP contribution in [0.3, 0.4) is 0 Å². The number of nitrogens with one attached hydrogen (secondary N) is 2. The molecule has 1 aromatic rings. The van der Waals surface area contributed by atoms with Crippen molar-refractivity contribution >= 4 is 17.1 Å². The average molecular weight is 280 g/mol. The third kappa shape index (κ3) is 5.05. The number of benzene rings is 1. The van der Waals surface area contributed by atoms with Crippen molar-refractivity contribution in [2.24, 2.45) is 11.8 Å². The monoisotopic (exact) mass is 280 g/mol. The molecule has 0 aliphatic carbocycles. The molecule has 6 heteroatoms. The van der Waals surface area contributed by atoms with Crippen LogP contribution < -0.4 is 16.6 Å². The number of anilines is 2. The molecule has 1 atom stereocenters. The van der Waals surface area contributed by atoms with Gasteiger partial charge in [-0.1, -0.05) is 33.1 Å². The number of hydrogen-bond donors (Lipinski definition) is 3. The van der Waals surface area contributed by atoms with Crippen molar-refractivity contribution in [2.45, 2.75) is 39.5 Å². The minimum absolute atomic E-state index is 0.0320. The van der Waals surface area contributed by atoms with Gasteiger partial charge in [0, 0.05) is 24.4 Å². The van der Waals surface area contributed by atoms with Gasteiger partial charge in [0.15, 0.2) is 0 Å². The lowest BCUT2D eigenvalue weighted by molar-refractivity contribution is -0.384. The summed E-state index contributed by atoms with van der Waals surface area (Å²) >= 11 is 0. The normalized spacial score (nSPS) is 11.9. The Hall–Kier alpha value is -1.82. The molecule has 0 spiro atoms. The molecule has 112 valence electrons. The zero-order valence-corrected chi connectivity index (χ0v) is 12.2. The predicted molar refractivity (Wildman–Crippen MR) is 82.7 cm³/mol. The Kier molecular flexibility index (Phi) is 6.79. The number of nitrogens with zero attached hydrogens (tertiary/aromatic N) is 1. The summed E-state index contributed by atoms with van der Waals surface area (Å²) in [7, 11) is 0. The maximum Gasteiger partial charge on any atom is 0.273 e. The molecule has 1 unspecified atom stereocenters. The molecule has 0 radical (unpaired) electrons. The number of nitrogens with two attached hydrogens (primary N) is 1. The summed E-state index contributed by atoms with van der Waals surface area (Å²) in [4.78, 5) is 10.4. The van der Waals surface area contributed by atoms with Crippen molar-refractivity contribution in [3.05, 3.63) is 28.3 Å². The number of nitrogen functional groups attached to an aromatic ring is 1. The third-order valence-corrected chi connectivity index (χ3v) is 3.43. The van der Waals surface area contributed by atoms with E-state index in [4.69, 9.17) is 5.84 Å². The topological polar surface area (TPSA) is 93.2 Å². The molecule has 1 aromatic carbocycles. The highest BCUT2D eigenvalue weighted by atomic mass is 16.6. The molecule has 0 amide bonds. The lowest BCUT2D eigenvalue weighted by atomic mass is 9.99. The molecule has 0 aliphatic rings. The lowest BCUT2D eigenvalue weighted by Crippen LogP contribution is -2.14. The Morgan fingerprint density at radius 1 is 1.30 bits per heavy atom. The third-order valence-electron chi connectivity index (χ3n) is 3.43. The van der Waals surface area contributed by atoms with Crippen LogP contribution in [0, 0.1) is 16.0 Å². The summed E-state index contributed by atoms with van der Waals surface area (Å²) in [5.74, 6) is 5.92. The van der Waals surface area contributed by atoms with E-state index < -0.39 is 4.92 Å². The van der Waals surface area contributed by atoms with Crippen LogP contribution >= 0.6 is 0 Å². The highest BCUT2D eigenvalue weighted by Gasteiger charge is 2.11. The zero-order valence-electron chi connectivity index (χ0n) is 12.2. The molecular weight excluding hydrogens is 256 g/mol. The number of nitro groups is 1. The Labute approximate surface area is 119 Å². The predicted octanol–water partition coefficient (Wildman–Crippen LogP) is 3.51. The molecule has 0 bridgehead atoms. The number of hydrazine groups is 1. The molecule has 4 N–H and O–H groups in total. The van der Waals surface area contributed by atoms with Crippen LogP contribution in [-0.2, 0) is 0 Å². The number of unbranched alkanes of at least 4 members (excludes halogenated alkanes) is 1. The van der Waals surface area contributed by atoms with Gasteiger partial charge in [-0.3, -0.25) is 16.0 Å². The highest BCUT2D eigenvalue weighted by molar-refractivity contribution is 5.63. The SMILES string of the molecule is CCCCC(CC)CNc1cc(NN)cc([N+](=O)[O-])c1. The van der Waals surface area contributed by atoms with E-state index in [-0.39, 0.29) is 5.69 Å². The smallest absolute Gasteiger partial charge is 0.273 e. The van der Waals surface area contributed by atoms with Crippen LogP contribution in [-0.4, -0.2) is 11.5 Å². The number of nitro benzene ring substituents is 1. The minimum atomic E-state index is -0.416. The average Bonchev–Trinajstić information content (AvgIpc) is 2.47. The number of rotatable bonds is 9. The molecular formula is C14H24N4O2. The Bertz CT molecular complexity index is 437. The summed E-state index contributed by atoms with van der Waals surface area (Å²) in [6.07, 6.45) is 4.68. The van der Waals surface area contributed by atoms with Gasteiger partial charge in [0.2, 0.25) is 0 Å². The zero-order chi connectivity index (χ0) is 15.0. The lowest BCUT2D eigenvalue weighted by Gasteiger charge is -2.16. The molecule has 0 aromatic heterocycles. The van der Waals surface area contributed by atoms with Crippen LogP contribution in [0.25, 0.3) is 0 Å². The first-order chi connectivity index (χ1) is 9.60. The summed E-state index contributed by atoms with van der Waals surface area (Å²) in [6.45, 7) is 5.17. The van der Waals surface area contributed by atoms with E-state index in [9.17, 15) is 10.1 Å². The van der Waals surface area contributed by atoms with Gasteiger partial charge in [-0.25, -0.2) is 0 Å². The van der Waals surface area contributed by atoms with Crippen LogP contribution in [0.4, 0.5) is 17.1 Å². The molecule has 6 nitrogen and oxygen atoms in total. The maximum atomic E-state index is 10.9. The summed E-state index contributed by atoms with van der Waals surface area (Å²) < 4.78 is 0. The van der Waals surface area contributed by atoms with E-state index in [1.807, 2.05) is 0 Å². The van der Waals surface area contributed by atoms with E-state index in [2.05, 4.69) is 24.6 Å². The second kappa shape index (κ2) is 8.37. The molecule has 20 heavy (non-hydrogen) atoms. The van der Waals surface area contributed by atoms with Gasteiger partial charge in [-0.05, 0) is 18.4 Å². The summed E-state index contributed by atoms with van der Waals surface area (Å²) in [5, 5.41) is 14.1. The highest BCUT2D eigenvalue weighted by Crippen LogP contribution is 2.24. The minimum Gasteiger partial charge on any atom is -0.385 e. The fourth-order valence-electron chi connectivity index (χ4n) is 2.11. The molecule has 0 saturated heterocycles. The second-order valence-electron chi connectivity index (χ2n) is 4.97. The quantitative estimate of drug-likeness (QED) is 0.365. The molecule has 0 fully saturated rings. The number of non-ortho nitro benzene ring substituents is 1. The maximum absolute atomic E-state index is 10.9. The van der Waals surface area contributed by atoms with Crippen LogP contribution in [0.2, 0.25) is 0 Å². The Morgan fingerprint density at radius 3 is 2.55 bits per heavy atom. The van der Waals surface area contributed by atoms with E-state index in [0.29, 0.717) is 11.6 Å². The van der Waals surface area contributed by atoms with E-state index in [1.165, 1.54) is 31.4 Å². The van der Waals surface area contributed by atoms with Crippen molar-refractivity contribution in [1.29, 1.82) is 0 Å². The molecule has 1 rings (SSSR count). The van der Waals surface area contributed by atoms with Crippen LogP contribution in [0.5, 0.6) is 0 Å². The summed E-state index contributed by atoms with van der Waals surface area (Å²) in [5.41, 5.74) is 3.74. The number of hydrogen-bond acceptors (Lipinski definition) is 5. The van der Waals surface area contributed by atoms with Crippen molar-refractivity contribution in [3.8, 4) is 0 Å². The van der Waals surface area contributed by atoms with Gasteiger partial charge in [0.25, 0.3) is 5.69 Å². The van der Waals surface area contributed by atoms with Gasteiger partial charge < -0.3 is 10.7 Å². The molecule has 0 saturated carbocycles. The van der Waals surface area contributed by atoms with E-state index in [1.54, 1.807) is 6.07 Å². The standard InChI is InChI=1S/C14H24N4O2/c1-3-5-6-11(4-2)10-16-12-7-13(17-15)9-14(8-12)18(19)20/h7-9,11,16-17H,3-6,10,15H2,1-2H3. The molecule has 0 aliphatic heterocycles. The van der Waals surface area contributed by atoms with E-state index in [0.717, 1.165) is 18.7 Å². The first-order valence-corrected chi connectivity index (χ1v) is 7.10. The van der Waals surface area contributed by atoms with Crippen LogP contribution in [0.15, 0.2) is 18.2 Å². The largest absolute Gasteiger partial charge is 0.385 e. The first-order valence-electron chi connectivity index (χ1n) is 7.10. The first kappa shape index (κ1) is 16.2. The Balaban J connectivity index is 2.70. The van der Waals surface area contributed by atoms with Gasteiger partial charge in [0.05, 0.1) is 10.6 Å². The van der Waals surface area contributed by atoms with Crippen LogP contribution in [0.1, 0.15) is 39.5 Å². The fraction of sp³-hybridized carbons (Fsp3) is 0.571. The second-order valence-corrected chi connectivity index (χ2v) is 4.97. The van der Waals surface area contributed by atoms with E-state index >= 15 is 0 Å². The van der Waals surface area contributed by atoms with Gasteiger partial charge in [0.1, 0.15) is 0 Å². The van der Waals surface area contributed by atoms with Gasteiger partial charge in [-0.15, -0.1) is 0 Å². The van der Waals surface area contributed by atoms with Crippen molar-refractivity contribution < 1.29 is 4.92 Å². The molecule has 0 heterocycles. The van der Waals surface area contributed by atoms with Crippen molar-refractivity contribution in [2.75, 3.05) is 17.3 Å². The van der Waals surface area contributed by atoms with Gasteiger partial charge in [-0.2, -0.15) is 0 Å². The van der Waals surface area contributed by atoms with Crippen molar-refractivity contribution in [3.63, 3.8) is 0 Å². The fourth-order valence-corrected chi connectivity index (χ4v) is 2.11. The van der Waals surface area contributed by atoms with Gasteiger partial charge >= 0.3 is 0 Å². The Morgan fingerprint density at radius 2 is 2.00 bits per heavy atom. The summed E-state index contributed by atoms with van der Waals surface area (Å²) in [6, 6.07) is 4.73. The van der Waals surface area contributed by atoms with Crippen molar-refractivity contribution in [1.82, 2.24) is 0 Å².